The third-order valence-electron chi connectivity index (χ3n) is 7.31. The van der Waals surface area contributed by atoms with E-state index in [-0.39, 0.29) is 48.9 Å². The summed E-state index contributed by atoms with van der Waals surface area (Å²) in [6, 6.07) is 3.21. The number of rotatable bonds is 8. The molecule has 3 heterocycles. The van der Waals surface area contributed by atoms with Gasteiger partial charge < -0.3 is 9.84 Å². The van der Waals surface area contributed by atoms with Crippen molar-refractivity contribution in [2.45, 2.75) is 65.5 Å². The molecule has 36 heavy (non-hydrogen) atoms. The van der Waals surface area contributed by atoms with Crippen LogP contribution in [0.3, 0.4) is 0 Å². The summed E-state index contributed by atoms with van der Waals surface area (Å²) >= 11 is 1.30. The summed E-state index contributed by atoms with van der Waals surface area (Å²) in [5.74, 6) is -4.09. The van der Waals surface area contributed by atoms with Crippen LogP contribution in [-0.4, -0.2) is 51.6 Å². The molecule has 1 N–H and O–H groups in total. The number of carbonyl (C=O) groups is 1. The standard InChI is InChI=1S/C25H31F4N3O3S/c1-23(2,3)16-10-24(21(33)34,7-15-8-25(28,29)9-15)14-32(12-16)13-17-11-31-20(36-17)18-5-4-6-30-19(18)35-22(26)27/h4-6,11,15-16,22H,7-10,12-14H2,1-3H3,(H,33,34)/t16-,24-/m1/s1. The van der Waals surface area contributed by atoms with Crippen molar-refractivity contribution in [2.24, 2.45) is 22.7 Å². The number of thiazole rings is 1. The fourth-order valence-corrected chi connectivity index (χ4v) is 6.41. The second kappa shape index (κ2) is 9.89. The molecule has 198 valence electrons. The Morgan fingerprint density at radius 2 is 2.00 bits per heavy atom. The third kappa shape index (κ3) is 5.99. The number of pyridine rings is 1. The number of likely N-dealkylation sites (tertiary alicyclic amines) is 1. The lowest BCUT2D eigenvalue weighted by molar-refractivity contribution is -0.166. The predicted molar refractivity (Wildman–Crippen MR) is 127 cm³/mol. The Balaban J connectivity index is 1.55. The number of carboxylic acid groups (broad SMARTS) is 1. The zero-order valence-corrected chi connectivity index (χ0v) is 21.3. The summed E-state index contributed by atoms with van der Waals surface area (Å²) in [7, 11) is 0. The van der Waals surface area contributed by atoms with Gasteiger partial charge in [0, 0.05) is 49.7 Å². The number of piperidine rings is 1. The Kier molecular flexibility index (Phi) is 7.36. The average molecular weight is 530 g/mol. The number of alkyl halides is 4. The maximum atomic E-state index is 13.5. The molecular weight excluding hydrogens is 498 g/mol. The Morgan fingerprint density at radius 3 is 2.61 bits per heavy atom. The van der Waals surface area contributed by atoms with Crippen molar-refractivity contribution < 1.29 is 32.2 Å². The lowest BCUT2D eigenvalue weighted by Gasteiger charge is -2.50. The van der Waals surface area contributed by atoms with Crippen LogP contribution in [0.1, 0.15) is 51.3 Å². The number of halogens is 4. The van der Waals surface area contributed by atoms with Crippen LogP contribution in [0.2, 0.25) is 0 Å². The molecule has 1 saturated heterocycles. The van der Waals surface area contributed by atoms with E-state index in [1.165, 1.54) is 17.5 Å². The van der Waals surface area contributed by atoms with Crippen LogP contribution >= 0.6 is 11.3 Å². The lowest BCUT2D eigenvalue weighted by atomic mass is 9.61. The molecule has 0 spiro atoms. The van der Waals surface area contributed by atoms with Crippen molar-refractivity contribution in [1.29, 1.82) is 0 Å². The molecule has 1 aliphatic carbocycles. The fourth-order valence-electron chi connectivity index (χ4n) is 5.43. The minimum Gasteiger partial charge on any atom is -0.481 e. The Hall–Kier alpha value is -2.27. The third-order valence-corrected chi connectivity index (χ3v) is 8.33. The van der Waals surface area contributed by atoms with Crippen LogP contribution < -0.4 is 4.74 Å². The fraction of sp³-hybridized carbons (Fsp3) is 0.640. The van der Waals surface area contributed by atoms with Gasteiger partial charge in [0.05, 0.1) is 11.0 Å². The van der Waals surface area contributed by atoms with Crippen LogP contribution in [0, 0.1) is 22.7 Å². The number of aliphatic carboxylic acids is 1. The molecular formula is C25H31F4N3O3S. The summed E-state index contributed by atoms with van der Waals surface area (Å²) in [6.45, 7) is 4.55. The minimum absolute atomic E-state index is 0.0553. The lowest BCUT2D eigenvalue weighted by Crippen LogP contribution is -2.55. The first-order valence-corrected chi connectivity index (χ1v) is 12.8. The van der Waals surface area contributed by atoms with E-state index in [0.717, 1.165) is 4.88 Å². The molecule has 0 bridgehead atoms. The molecule has 6 nitrogen and oxygen atoms in total. The highest BCUT2D eigenvalue weighted by atomic mass is 32.1. The molecule has 1 saturated carbocycles. The molecule has 2 aromatic rings. The van der Waals surface area contributed by atoms with Gasteiger partial charge in [-0.25, -0.2) is 18.7 Å². The van der Waals surface area contributed by atoms with E-state index in [9.17, 15) is 27.5 Å². The number of ether oxygens (including phenoxy) is 1. The smallest absolute Gasteiger partial charge is 0.388 e. The van der Waals surface area contributed by atoms with Gasteiger partial charge in [0.2, 0.25) is 11.8 Å². The molecule has 0 unspecified atom stereocenters. The van der Waals surface area contributed by atoms with Gasteiger partial charge in [-0.3, -0.25) is 9.69 Å². The van der Waals surface area contributed by atoms with E-state index >= 15 is 0 Å². The van der Waals surface area contributed by atoms with Gasteiger partial charge in [0.1, 0.15) is 5.01 Å². The highest BCUT2D eigenvalue weighted by molar-refractivity contribution is 7.15. The average Bonchev–Trinajstić information content (AvgIpc) is 3.19. The van der Waals surface area contributed by atoms with Crippen LogP contribution in [0.5, 0.6) is 5.88 Å². The summed E-state index contributed by atoms with van der Waals surface area (Å²) in [6.07, 6.45) is 3.18. The SMILES string of the molecule is CC(C)(C)[C@H]1CN(Cc2cnc(-c3cccnc3OC(F)F)s2)C[C@](CC2CC(F)(F)C2)(C(=O)O)C1. The van der Waals surface area contributed by atoms with Gasteiger partial charge >= 0.3 is 12.6 Å². The van der Waals surface area contributed by atoms with Crippen LogP contribution in [-0.2, 0) is 11.3 Å². The normalized spacial score (nSPS) is 25.1. The van der Waals surface area contributed by atoms with E-state index in [1.807, 2.05) is 0 Å². The van der Waals surface area contributed by atoms with Gasteiger partial charge in [-0.2, -0.15) is 8.78 Å². The first kappa shape index (κ1) is 26.8. The molecule has 4 rings (SSSR count). The summed E-state index contributed by atoms with van der Waals surface area (Å²) in [4.78, 5) is 23.8. The number of carboxylic acids is 1. The van der Waals surface area contributed by atoms with Gasteiger partial charge in [-0.1, -0.05) is 20.8 Å². The summed E-state index contributed by atoms with van der Waals surface area (Å²) in [5.41, 5.74) is -0.919. The molecule has 2 atom stereocenters. The van der Waals surface area contributed by atoms with Crippen LogP contribution in [0.4, 0.5) is 17.6 Å². The highest BCUT2D eigenvalue weighted by Crippen LogP contribution is 2.52. The zero-order chi connectivity index (χ0) is 26.3. The van der Waals surface area contributed by atoms with Gasteiger partial charge in [-0.05, 0) is 42.2 Å². The van der Waals surface area contributed by atoms with E-state index in [2.05, 4.69) is 40.4 Å². The maximum absolute atomic E-state index is 13.5. The van der Waals surface area contributed by atoms with Crippen LogP contribution in [0.25, 0.3) is 10.6 Å². The monoisotopic (exact) mass is 529 g/mol. The van der Waals surface area contributed by atoms with Crippen LogP contribution in [0.15, 0.2) is 24.5 Å². The second-order valence-corrected chi connectivity index (χ2v) is 12.3. The van der Waals surface area contributed by atoms with Crippen molar-refractivity contribution >= 4 is 17.3 Å². The predicted octanol–water partition coefficient (Wildman–Crippen LogP) is 6.18. The first-order valence-electron chi connectivity index (χ1n) is 11.9. The van der Waals surface area contributed by atoms with Crippen molar-refractivity contribution in [3.8, 4) is 16.5 Å². The largest absolute Gasteiger partial charge is 0.481 e. The van der Waals surface area contributed by atoms with Gasteiger partial charge in [0.15, 0.2) is 0 Å². The highest BCUT2D eigenvalue weighted by Gasteiger charge is 2.54. The number of hydrogen-bond donors (Lipinski definition) is 1. The molecule has 1 aliphatic heterocycles. The van der Waals surface area contributed by atoms with Gasteiger partial charge in [-0.15, -0.1) is 11.3 Å². The summed E-state index contributed by atoms with van der Waals surface area (Å²) in [5, 5.41) is 10.8. The Labute approximate surface area is 211 Å². The topological polar surface area (TPSA) is 75.5 Å². The Bertz CT molecular complexity index is 1080. The quantitative estimate of drug-likeness (QED) is 0.412. The van der Waals surface area contributed by atoms with Crippen molar-refractivity contribution in [2.75, 3.05) is 13.1 Å². The molecule has 2 fully saturated rings. The van der Waals surface area contributed by atoms with Crippen molar-refractivity contribution in [3.05, 3.63) is 29.4 Å². The molecule has 2 aliphatic rings. The zero-order valence-electron chi connectivity index (χ0n) is 20.5. The van der Waals surface area contributed by atoms with Crippen molar-refractivity contribution in [3.63, 3.8) is 0 Å². The van der Waals surface area contributed by atoms with E-state index in [4.69, 9.17) is 0 Å². The molecule has 0 radical (unpaired) electrons. The maximum Gasteiger partial charge on any atom is 0.388 e. The van der Waals surface area contributed by atoms with E-state index < -0.39 is 23.9 Å². The van der Waals surface area contributed by atoms with Crippen molar-refractivity contribution in [1.82, 2.24) is 14.9 Å². The number of nitrogens with zero attached hydrogens (tertiary/aromatic N) is 3. The Morgan fingerprint density at radius 1 is 1.28 bits per heavy atom. The number of hydrogen-bond acceptors (Lipinski definition) is 6. The molecule has 2 aromatic heterocycles. The minimum atomic E-state index is -3.01. The second-order valence-electron chi connectivity index (χ2n) is 11.2. The molecule has 0 aromatic carbocycles. The molecule has 11 heteroatoms. The van der Waals surface area contributed by atoms with Gasteiger partial charge in [0.25, 0.3) is 0 Å². The molecule has 0 amide bonds. The number of aromatic nitrogens is 2. The summed E-state index contributed by atoms with van der Waals surface area (Å²) < 4.78 is 57.1. The first-order chi connectivity index (χ1) is 16.8. The van der Waals surface area contributed by atoms with E-state index in [0.29, 0.717) is 30.1 Å². The van der Waals surface area contributed by atoms with E-state index in [1.54, 1.807) is 18.3 Å².